The summed E-state index contributed by atoms with van der Waals surface area (Å²) in [6.07, 6.45) is 0. The quantitative estimate of drug-likeness (QED) is 0.743. The zero-order valence-corrected chi connectivity index (χ0v) is 10.2. The number of amides is 2. The van der Waals surface area contributed by atoms with Gasteiger partial charge < -0.3 is 15.7 Å². The zero-order valence-electron chi connectivity index (χ0n) is 9.36. The maximum Gasteiger partial charge on any atom is 0.338 e. The van der Waals surface area contributed by atoms with E-state index in [1.54, 1.807) is 6.92 Å². The van der Waals surface area contributed by atoms with Crippen molar-refractivity contribution in [2.24, 2.45) is 0 Å². The van der Waals surface area contributed by atoms with Crippen molar-refractivity contribution in [1.82, 2.24) is 5.32 Å². The topological polar surface area (TPSA) is 95.5 Å². The molecule has 3 N–H and O–H groups in total. The minimum absolute atomic E-state index is 0.0590. The van der Waals surface area contributed by atoms with Gasteiger partial charge in [0.25, 0.3) is 0 Å². The molecule has 0 saturated heterocycles. The van der Waals surface area contributed by atoms with E-state index in [9.17, 15) is 14.4 Å². The third-order valence-corrected chi connectivity index (χ3v) is 2.80. The lowest BCUT2D eigenvalue weighted by Crippen LogP contribution is -2.31. The van der Waals surface area contributed by atoms with E-state index in [4.69, 9.17) is 5.11 Å². The molecule has 0 atom stereocenters. The lowest BCUT2D eigenvalue weighted by molar-refractivity contribution is -0.122. The molecule has 0 aromatic carbocycles. The van der Waals surface area contributed by atoms with Crippen LogP contribution < -0.4 is 10.6 Å². The predicted octanol–water partition coefficient (Wildman–Crippen LogP) is 0.829. The van der Waals surface area contributed by atoms with Crippen molar-refractivity contribution < 1.29 is 19.5 Å². The van der Waals surface area contributed by atoms with E-state index in [0.717, 1.165) is 4.88 Å². The number of rotatable bonds is 4. The number of anilines is 1. The highest BCUT2D eigenvalue weighted by Crippen LogP contribution is 2.27. The van der Waals surface area contributed by atoms with Crippen molar-refractivity contribution in [3.05, 3.63) is 16.5 Å². The first-order chi connectivity index (χ1) is 7.90. The molecular formula is C10H12N2O4S. The number of carbonyl (C=O) groups is 3. The number of nitrogens with one attached hydrogen (secondary N) is 2. The monoisotopic (exact) mass is 256 g/mol. The number of aromatic carboxylic acids is 1. The third kappa shape index (κ3) is 3.87. The molecule has 17 heavy (non-hydrogen) atoms. The van der Waals surface area contributed by atoms with Crippen LogP contribution in [0.3, 0.4) is 0 Å². The lowest BCUT2D eigenvalue weighted by atomic mass is 10.3. The van der Waals surface area contributed by atoms with E-state index >= 15 is 0 Å². The third-order valence-electron chi connectivity index (χ3n) is 1.84. The minimum Gasteiger partial charge on any atom is -0.478 e. The fourth-order valence-electron chi connectivity index (χ4n) is 1.14. The standard InChI is InChI=1S/C10H12N2O4S/c1-5-3-7(10(15)16)9(17-5)12-8(14)4-11-6(2)13/h3H,4H2,1-2H3,(H,11,13)(H,12,14)(H,15,16). The smallest absolute Gasteiger partial charge is 0.338 e. The Balaban J connectivity index is 2.71. The largest absolute Gasteiger partial charge is 0.478 e. The van der Waals surface area contributed by atoms with Crippen LogP contribution in [0.2, 0.25) is 0 Å². The molecule has 1 rings (SSSR count). The van der Waals surface area contributed by atoms with Crippen molar-refractivity contribution >= 4 is 34.1 Å². The molecule has 1 aromatic heterocycles. The van der Waals surface area contributed by atoms with Crippen LogP contribution >= 0.6 is 11.3 Å². The highest BCUT2D eigenvalue weighted by molar-refractivity contribution is 7.16. The van der Waals surface area contributed by atoms with Gasteiger partial charge in [-0.15, -0.1) is 11.3 Å². The Kier molecular flexibility index (Phi) is 4.22. The fourth-order valence-corrected chi connectivity index (χ4v) is 2.06. The van der Waals surface area contributed by atoms with Crippen molar-refractivity contribution in [3.63, 3.8) is 0 Å². The molecule has 0 radical (unpaired) electrons. The summed E-state index contributed by atoms with van der Waals surface area (Å²) < 4.78 is 0. The average Bonchev–Trinajstić information content (AvgIpc) is 2.56. The summed E-state index contributed by atoms with van der Waals surface area (Å²) in [6.45, 7) is 2.87. The summed E-state index contributed by atoms with van der Waals surface area (Å²) in [7, 11) is 0. The first-order valence-electron chi connectivity index (χ1n) is 4.78. The van der Waals surface area contributed by atoms with Gasteiger partial charge in [0.1, 0.15) is 5.00 Å². The molecular weight excluding hydrogens is 244 g/mol. The second-order valence-electron chi connectivity index (χ2n) is 3.36. The first-order valence-corrected chi connectivity index (χ1v) is 5.60. The Bertz CT molecular complexity index is 467. The molecule has 0 saturated carbocycles. The van der Waals surface area contributed by atoms with Crippen molar-refractivity contribution in [1.29, 1.82) is 0 Å². The molecule has 0 fully saturated rings. The van der Waals surface area contributed by atoms with Crippen molar-refractivity contribution in [2.75, 3.05) is 11.9 Å². The summed E-state index contributed by atoms with van der Waals surface area (Å²) >= 11 is 1.18. The van der Waals surface area contributed by atoms with Gasteiger partial charge in [0.05, 0.1) is 12.1 Å². The van der Waals surface area contributed by atoms with Crippen LogP contribution in [-0.4, -0.2) is 29.4 Å². The second-order valence-corrected chi connectivity index (χ2v) is 4.62. The molecule has 0 aliphatic carbocycles. The van der Waals surface area contributed by atoms with Crippen LogP contribution in [0.15, 0.2) is 6.07 Å². The number of thiophene rings is 1. The van der Waals surface area contributed by atoms with Gasteiger partial charge in [-0.3, -0.25) is 9.59 Å². The van der Waals surface area contributed by atoms with Crippen molar-refractivity contribution in [3.8, 4) is 0 Å². The number of carboxylic acid groups (broad SMARTS) is 1. The fraction of sp³-hybridized carbons (Fsp3) is 0.300. The molecule has 7 heteroatoms. The molecule has 0 unspecified atom stereocenters. The highest BCUT2D eigenvalue weighted by Gasteiger charge is 2.15. The number of carbonyl (C=O) groups excluding carboxylic acids is 2. The molecule has 6 nitrogen and oxygen atoms in total. The Morgan fingerprint density at radius 1 is 1.41 bits per heavy atom. The number of carboxylic acids is 1. The van der Waals surface area contributed by atoms with Crippen LogP contribution in [0.25, 0.3) is 0 Å². The molecule has 92 valence electrons. The van der Waals surface area contributed by atoms with Gasteiger partial charge in [0.15, 0.2) is 0 Å². The maximum atomic E-state index is 11.4. The van der Waals surface area contributed by atoms with Gasteiger partial charge in [-0.25, -0.2) is 4.79 Å². The van der Waals surface area contributed by atoms with E-state index in [-0.39, 0.29) is 23.0 Å². The summed E-state index contributed by atoms with van der Waals surface area (Å²) in [5, 5.41) is 14.0. The average molecular weight is 256 g/mol. The minimum atomic E-state index is -1.09. The Hall–Kier alpha value is -1.89. The second kappa shape index (κ2) is 5.44. The van der Waals surface area contributed by atoms with Gasteiger partial charge in [-0.05, 0) is 13.0 Å². The van der Waals surface area contributed by atoms with Gasteiger partial charge in [-0.1, -0.05) is 0 Å². The molecule has 2 amide bonds. The van der Waals surface area contributed by atoms with Crippen LogP contribution in [-0.2, 0) is 9.59 Å². The van der Waals surface area contributed by atoms with Gasteiger partial charge in [0.2, 0.25) is 11.8 Å². The van der Waals surface area contributed by atoms with E-state index in [2.05, 4.69) is 10.6 Å². The molecule has 0 spiro atoms. The molecule has 0 aliphatic rings. The van der Waals surface area contributed by atoms with Crippen LogP contribution in [0.5, 0.6) is 0 Å². The summed E-state index contributed by atoms with van der Waals surface area (Å²) in [5.41, 5.74) is 0.0590. The Morgan fingerprint density at radius 3 is 2.59 bits per heavy atom. The lowest BCUT2D eigenvalue weighted by Gasteiger charge is -2.04. The van der Waals surface area contributed by atoms with Crippen LogP contribution in [0.1, 0.15) is 22.2 Å². The summed E-state index contributed by atoms with van der Waals surface area (Å²) in [4.78, 5) is 33.6. The van der Waals surface area contributed by atoms with Crippen molar-refractivity contribution in [2.45, 2.75) is 13.8 Å². The van der Waals surface area contributed by atoms with E-state index in [1.165, 1.54) is 24.3 Å². The maximum absolute atomic E-state index is 11.4. The normalized spacial score (nSPS) is 9.76. The first kappa shape index (κ1) is 13.2. The van der Waals surface area contributed by atoms with Crippen LogP contribution in [0, 0.1) is 6.92 Å². The molecule has 1 heterocycles. The predicted molar refractivity (Wildman–Crippen MR) is 63.3 cm³/mol. The number of hydrogen-bond donors (Lipinski definition) is 3. The van der Waals surface area contributed by atoms with E-state index < -0.39 is 11.9 Å². The Morgan fingerprint density at radius 2 is 2.06 bits per heavy atom. The SMILES string of the molecule is CC(=O)NCC(=O)Nc1sc(C)cc1C(=O)O. The zero-order chi connectivity index (χ0) is 13.0. The highest BCUT2D eigenvalue weighted by atomic mass is 32.1. The van der Waals surface area contributed by atoms with Gasteiger partial charge in [-0.2, -0.15) is 0 Å². The molecule has 0 bridgehead atoms. The number of hydrogen-bond acceptors (Lipinski definition) is 4. The van der Waals surface area contributed by atoms with E-state index in [0.29, 0.717) is 0 Å². The number of aryl methyl sites for hydroxylation is 1. The van der Waals surface area contributed by atoms with Crippen LogP contribution in [0.4, 0.5) is 5.00 Å². The van der Waals surface area contributed by atoms with Gasteiger partial charge >= 0.3 is 5.97 Å². The van der Waals surface area contributed by atoms with E-state index in [1.807, 2.05) is 0 Å². The van der Waals surface area contributed by atoms with Gasteiger partial charge in [0, 0.05) is 11.8 Å². The summed E-state index contributed by atoms with van der Waals surface area (Å²) in [6, 6.07) is 1.49. The summed E-state index contributed by atoms with van der Waals surface area (Å²) in [5.74, 6) is -1.87. The molecule has 1 aromatic rings. The Labute approximate surface area is 102 Å². The molecule has 0 aliphatic heterocycles.